The number of hydrogen-bond donors (Lipinski definition) is 3. The predicted octanol–water partition coefficient (Wildman–Crippen LogP) is 4.90. The maximum absolute atomic E-state index is 7.75. The van der Waals surface area contributed by atoms with E-state index in [2.05, 4.69) is 10.6 Å². The first-order valence-electron chi connectivity index (χ1n) is 9.00. The molecular weight excluding hydrogens is 381 g/mol. The molecular formula is C21H23Cl2N3O. The van der Waals surface area contributed by atoms with Crippen LogP contribution in [0.5, 0.6) is 5.75 Å². The lowest BCUT2D eigenvalue weighted by Crippen LogP contribution is -2.37. The molecule has 3 rings (SSSR count). The molecule has 0 saturated carbocycles. The van der Waals surface area contributed by atoms with Gasteiger partial charge in [-0.2, -0.15) is 0 Å². The fourth-order valence-corrected chi connectivity index (χ4v) is 3.43. The number of allylic oxidation sites excluding steroid dienone is 1. The molecule has 1 aliphatic heterocycles. The summed E-state index contributed by atoms with van der Waals surface area (Å²) in [5, 5.41) is 15.7. The van der Waals surface area contributed by atoms with Gasteiger partial charge in [0.05, 0.1) is 0 Å². The van der Waals surface area contributed by atoms with Crippen LogP contribution in [0.25, 0.3) is 5.57 Å². The minimum Gasteiger partial charge on any atom is -0.489 e. The standard InChI is InChI=1S/C21H23Cl2N3O/c22-18-5-4-16(21(23)11-18)14-27-20-3-1-2-15(10-20)17(12-24)13-26-19-6-8-25-9-7-19/h1-5,10-13,19,24-26H,6-9,14H2/b17-13+,24-12?. The smallest absolute Gasteiger partial charge is 0.120 e. The summed E-state index contributed by atoms with van der Waals surface area (Å²) in [6, 6.07) is 13.6. The summed E-state index contributed by atoms with van der Waals surface area (Å²) in [4.78, 5) is 0. The molecule has 0 atom stereocenters. The first-order chi connectivity index (χ1) is 13.2. The zero-order valence-electron chi connectivity index (χ0n) is 15.0. The first-order valence-corrected chi connectivity index (χ1v) is 9.76. The van der Waals surface area contributed by atoms with Crippen LogP contribution in [0.4, 0.5) is 0 Å². The molecule has 1 aliphatic rings. The van der Waals surface area contributed by atoms with Crippen LogP contribution in [0.3, 0.4) is 0 Å². The van der Waals surface area contributed by atoms with Crippen LogP contribution in [0.1, 0.15) is 24.0 Å². The third-order valence-corrected chi connectivity index (χ3v) is 5.13. The van der Waals surface area contributed by atoms with E-state index in [9.17, 15) is 0 Å². The van der Waals surface area contributed by atoms with Gasteiger partial charge in [-0.1, -0.05) is 41.4 Å². The van der Waals surface area contributed by atoms with E-state index in [1.165, 1.54) is 6.21 Å². The number of ether oxygens (including phenoxy) is 1. The highest BCUT2D eigenvalue weighted by Crippen LogP contribution is 2.24. The quantitative estimate of drug-likeness (QED) is 0.575. The zero-order valence-corrected chi connectivity index (χ0v) is 16.5. The van der Waals surface area contributed by atoms with Crippen LogP contribution in [-0.4, -0.2) is 25.3 Å². The van der Waals surface area contributed by atoms with Crippen molar-refractivity contribution in [3.05, 3.63) is 69.8 Å². The molecule has 0 radical (unpaired) electrons. The van der Waals surface area contributed by atoms with Crippen LogP contribution in [0.15, 0.2) is 48.7 Å². The minimum absolute atomic E-state index is 0.358. The lowest BCUT2D eigenvalue weighted by Gasteiger charge is -2.23. The summed E-state index contributed by atoms with van der Waals surface area (Å²) >= 11 is 12.1. The molecule has 1 saturated heterocycles. The maximum atomic E-state index is 7.75. The summed E-state index contributed by atoms with van der Waals surface area (Å²) in [6.07, 6.45) is 5.47. The topological polar surface area (TPSA) is 57.1 Å². The molecule has 0 spiro atoms. The highest BCUT2D eigenvalue weighted by atomic mass is 35.5. The molecule has 2 aromatic rings. The number of rotatable bonds is 7. The lowest BCUT2D eigenvalue weighted by atomic mass is 10.1. The van der Waals surface area contributed by atoms with Crippen molar-refractivity contribution in [2.24, 2.45) is 0 Å². The Hall–Kier alpha value is -2.01. The Kier molecular flexibility index (Phi) is 7.16. The van der Waals surface area contributed by atoms with Gasteiger partial charge in [0, 0.05) is 39.6 Å². The van der Waals surface area contributed by atoms with E-state index in [4.69, 9.17) is 33.3 Å². The van der Waals surface area contributed by atoms with E-state index >= 15 is 0 Å². The van der Waals surface area contributed by atoms with Gasteiger partial charge in [-0.25, -0.2) is 0 Å². The van der Waals surface area contributed by atoms with Gasteiger partial charge in [-0.05, 0) is 55.8 Å². The molecule has 0 bridgehead atoms. The van der Waals surface area contributed by atoms with Crippen LogP contribution in [0.2, 0.25) is 10.0 Å². The summed E-state index contributed by atoms with van der Waals surface area (Å²) in [5.74, 6) is 0.730. The Morgan fingerprint density at radius 1 is 1.19 bits per heavy atom. The van der Waals surface area contributed by atoms with E-state index in [1.807, 2.05) is 36.5 Å². The zero-order chi connectivity index (χ0) is 19.1. The van der Waals surface area contributed by atoms with E-state index in [-0.39, 0.29) is 0 Å². The van der Waals surface area contributed by atoms with Gasteiger partial charge in [0.25, 0.3) is 0 Å². The van der Waals surface area contributed by atoms with Crippen LogP contribution >= 0.6 is 23.2 Å². The minimum atomic E-state index is 0.358. The van der Waals surface area contributed by atoms with E-state index in [1.54, 1.807) is 12.1 Å². The third-order valence-electron chi connectivity index (χ3n) is 4.55. The molecule has 1 heterocycles. The highest BCUT2D eigenvalue weighted by Gasteiger charge is 2.11. The van der Waals surface area contributed by atoms with Crippen molar-refractivity contribution in [2.45, 2.75) is 25.5 Å². The second-order valence-corrected chi connectivity index (χ2v) is 7.33. The molecule has 0 aromatic heterocycles. The molecule has 27 heavy (non-hydrogen) atoms. The SMILES string of the molecule is N=C/C(=C\NC1CCNCC1)c1cccc(OCc2ccc(Cl)cc2Cl)c1. The van der Waals surface area contributed by atoms with Gasteiger partial charge in [-0.15, -0.1) is 0 Å². The molecule has 0 unspecified atom stereocenters. The Labute approximate surface area is 170 Å². The summed E-state index contributed by atoms with van der Waals surface area (Å²) in [5.41, 5.74) is 2.64. The Morgan fingerprint density at radius 2 is 2.00 bits per heavy atom. The van der Waals surface area contributed by atoms with Gasteiger partial charge in [0.2, 0.25) is 0 Å². The van der Waals surface area contributed by atoms with Gasteiger partial charge in [-0.3, -0.25) is 0 Å². The predicted molar refractivity (Wildman–Crippen MR) is 113 cm³/mol. The average molecular weight is 404 g/mol. The van der Waals surface area contributed by atoms with Crippen molar-refractivity contribution in [1.82, 2.24) is 10.6 Å². The summed E-state index contributed by atoms with van der Waals surface area (Å²) in [6.45, 7) is 2.42. The summed E-state index contributed by atoms with van der Waals surface area (Å²) in [7, 11) is 0. The van der Waals surface area contributed by atoms with Gasteiger partial charge >= 0.3 is 0 Å². The van der Waals surface area contributed by atoms with Crippen molar-refractivity contribution in [3.8, 4) is 5.75 Å². The van der Waals surface area contributed by atoms with E-state index in [0.29, 0.717) is 22.7 Å². The second kappa shape index (κ2) is 9.79. The number of halogens is 2. The number of piperidine rings is 1. The van der Waals surface area contributed by atoms with Crippen LogP contribution in [0, 0.1) is 5.41 Å². The fourth-order valence-electron chi connectivity index (χ4n) is 2.97. The van der Waals surface area contributed by atoms with Crippen molar-refractivity contribution in [1.29, 1.82) is 5.41 Å². The first kappa shape index (κ1) is 19.7. The molecule has 1 fully saturated rings. The van der Waals surface area contributed by atoms with Gasteiger partial charge in [0.15, 0.2) is 0 Å². The molecule has 2 aromatic carbocycles. The molecule has 4 nitrogen and oxygen atoms in total. The molecule has 6 heteroatoms. The second-order valence-electron chi connectivity index (χ2n) is 6.49. The van der Waals surface area contributed by atoms with Crippen molar-refractivity contribution >= 4 is 35.0 Å². The lowest BCUT2D eigenvalue weighted by molar-refractivity contribution is 0.306. The number of nitrogens with one attached hydrogen (secondary N) is 3. The van der Waals surface area contributed by atoms with Crippen LogP contribution in [-0.2, 0) is 6.61 Å². The average Bonchev–Trinajstić information content (AvgIpc) is 2.69. The number of benzene rings is 2. The van der Waals surface area contributed by atoms with E-state index < -0.39 is 0 Å². The normalized spacial score (nSPS) is 15.4. The Balaban J connectivity index is 1.66. The molecule has 142 valence electrons. The molecule has 0 amide bonds. The molecule has 3 N–H and O–H groups in total. The molecule has 0 aliphatic carbocycles. The monoisotopic (exact) mass is 403 g/mol. The van der Waals surface area contributed by atoms with Gasteiger partial charge < -0.3 is 20.8 Å². The highest BCUT2D eigenvalue weighted by molar-refractivity contribution is 6.35. The Morgan fingerprint density at radius 3 is 2.74 bits per heavy atom. The van der Waals surface area contributed by atoms with E-state index in [0.717, 1.165) is 48.4 Å². The maximum Gasteiger partial charge on any atom is 0.120 e. The van der Waals surface area contributed by atoms with Gasteiger partial charge in [0.1, 0.15) is 12.4 Å². The largest absolute Gasteiger partial charge is 0.489 e. The fraction of sp³-hybridized carbons (Fsp3) is 0.286. The van der Waals surface area contributed by atoms with Crippen molar-refractivity contribution in [2.75, 3.05) is 13.1 Å². The summed E-state index contributed by atoms with van der Waals surface area (Å²) < 4.78 is 5.88. The number of hydrogen-bond acceptors (Lipinski definition) is 4. The van der Waals surface area contributed by atoms with Crippen molar-refractivity contribution in [3.63, 3.8) is 0 Å². The third kappa shape index (κ3) is 5.73. The van der Waals surface area contributed by atoms with Crippen molar-refractivity contribution < 1.29 is 4.74 Å². The van der Waals surface area contributed by atoms with Crippen LogP contribution < -0.4 is 15.4 Å². The Bertz CT molecular complexity index is 817.